The minimum absolute atomic E-state index is 0.0561. The summed E-state index contributed by atoms with van der Waals surface area (Å²) in [6.07, 6.45) is 3.48. The number of hydrogen-bond acceptors (Lipinski definition) is 8. The average Bonchev–Trinajstić information content (AvgIpc) is 3.79. The molecule has 11 heteroatoms. The molecule has 1 aromatic heterocycles. The molecule has 2 amide bonds. The number of hydrogen-bond donors (Lipinski definition) is 1. The van der Waals surface area contributed by atoms with Gasteiger partial charge < -0.3 is 24.2 Å². The van der Waals surface area contributed by atoms with Crippen LogP contribution in [0.15, 0.2) is 89.3 Å². The summed E-state index contributed by atoms with van der Waals surface area (Å²) in [6, 6.07) is 22.2. The number of ether oxygens (including phenoxy) is 1. The van der Waals surface area contributed by atoms with Crippen molar-refractivity contribution in [2.45, 2.75) is 42.2 Å². The van der Waals surface area contributed by atoms with Crippen molar-refractivity contribution >= 4 is 51.8 Å². The van der Waals surface area contributed by atoms with E-state index in [1.54, 1.807) is 28.5 Å². The third kappa shape index (κ3) is 5.61. The molecule has 44 heavy (non-hydrogen) atoms. The van der Waals surface area contributed by atoms with E-state index >= 15 is 0 Å². The summed E-state index contributed by atoms with van der Waals surface area (Å²) >= 11 is 3.02. The molecule has 1 N–H and O–H groups in total. The fraction of sp³-hybridized carbons (Fsp3) is 0.303. The first-order valence-corrected chi connectivity index (χ1v) is 16.4. The average molecular weight is 630 g/mol. The van der Waals surface area contributed by atoms with Crippen LogP contribution in [0.1, 0.15) is 30.4 Å². The van der Waals surface area contributed by atoms with Gasteiger partial charge in [-0.3, -0.25) is 4.79 Å². The first kappa shape index (κ1) is 28.7. The van der Waals surface area contributed by atoms with Crippen molar-refractivity contribution in [3.8, 4) is 0 Å². The Morgan fingerprint density at radius 3 is 2.61 bits per heavy atom. The lowest BCUT2D eigenvalue weighted by molar-refractivity contribution is -0.118. The van der Waals surface area contributed by atoms with Crippen molar-refractivity contribution in [1.29, 1.82) is 0 Å². The van der Waals surface area contributed by atoms with E-state index in [0.29, 0.717) is 45.4 Å². The number of anilines is 3. The zero-order valence-corrected chi connectivity index (χ0v) is 25.7. The molecule has 8 nitrogen and oxygen atoms in total. The number of benzene rings is 3. The van der Waals surface area contributed by atoms with Gasteiger partial charge in [0.25, 0.3) is 0 Å². The zero-order valence-electron chi connectivity index (χ0n) is 24.0. The highest BCUT2D eigenvalue weighted by Crippen LogP contribution is 2.49. The number of carbonyl (C=O) groups excluding carboxylic acids is 2. The highest BCUT2D eigenvalue weighted by atomic mass is 32.2. The van der Waals surface area contributed by atoms with Crippen LogP contribution in [0.4, 0.5) is 25.7 Å². The number of halogens is 1. The maximum Gasteiger partial charge on any atom is 0.410 e. The Balaban J connectivity index is 1.02. The second-order valence-electron chi connectivity index (χ2n) is 11.4. The van der Waals surface area contributed by atoms with Crippen molar-refractivity contribution < 1.29 is 18.7 Å². The maximum absolute atomic E-state index is 14.6. The Labute approximate surface area is 264 Å². The van der Waals surface area contributed by atoms with E-state index in [2.05, 4.69) is 14.6 Å². The number of thiazole rings is 1. The molecule has 1 atom stereocenters. The number of nitrogens with zero attached hydrogens (tertiary/aromatic N) is 4. The highest BCUT2D eigenvalue weighted by Gasteiger charge is 2.50. The van der Waals surface area contributed by atoms with Gasteiger partial charge in [-0.05, 0) is 84.8 Å². The van der Waals surface area contributed by atoms with E-state index in [9.17, 15) is 14.0 Å². The van der Waals surface area contributed by atoms with Gasteiger partial charge in [-0.2, -0.15) is 0 Å². The zero-order chi connectivity index (χ0) is 30.1. The highest BCUT2D eigenvalue weighted by molar-refractivity contribution is 8.00. The monoisotopic (exact) mass is 629 g/mol. The molecule has 4 heterocycles. The van der Waals surface area contributed by atoms with E-state index < -0.39 is 0 Å². The van der Waals surface area contributed by atoms with Gasteiger partial charge in [-0.15, -0.1) is 11.3 Å². The fourth-order valence-corrected chi connectivity index (χ4v) is 7.81. The summed E-state index contributed by atoms with van der Waals surface area (Å²) in [7, 11) is 0. The molecule has 3 aliphatic heterocycles. The van der Waals surface area contributed by atoms with E-state index in [-0.39, 0.29) is 35.9 Å². The van der Waals surface area contributed by atoms with E-state index in [0.717, 1.165) is 32.5 Å². The number of aromatic nitrogens is 1. The topological polar surface area (TPSA) is 78.0 Å². The minimum Gasteiger partial charge on any atom is -0.445 e. The molecule has 3 aliphatic rings. The standard InChI is InChI=1S/C33H32FN5O3S2/c34-24-6-11-28-27(20-24)33(13-17-37(18-14-33)32(41)42-21-23-4-2-1-3-5-23)22-39(28)29-12-16-38(30(29)40)25-7-9-26(10-8-25)44-36-31-35-15-19-43-31/h1-11,15,19-20,29H,12-14,16-18,21-22H2,(H,35,36)/t29-/m0/s1. The molecule has 0 unspecified atom stereocenters. The van der Waals surface area contributed by atoms with E-state index in [1.165, 1.54) is 18.0 Å². The van der Waals surface area contributed by atoms with Crippen LogP contribution < -0.4 is 14.5 Å². The Morgan fingerprint density at radius 1 is 1.07 bits per heavy atom. The van der Waals surface area contributed by atoms with Gasteiger partial charge >= 0.3 is 6.09 Å². The molecule has 2 saturated heterocycles. The largest absolute Gasteiger partial charge is 0.445 e. The number of likely N-dealkylation sites (tertiary alicyclic amines) is 1. The number of carbonyl (C=O) groups is 2. The van der Waals surface area contributed by atoms with Gasteiger partial charge in [0.15, 0.2) is 5.13 Å². The fourth-order valence-electron chi connectivity index (χ4n) is 6.59. The van der Waals surface area contributed by atoms with Gasteiger partial charge in [-0.1, -0.05) is 30.3 Å². The number of amides is 2. The molecule has 0 aliphatic carbocycles. The Bertz CT molecular complexity index is 1630. The molecule has 2 fully saturated rings. The Hall–Kier alpha value is -4.09. The summed E-state index contributed by atoms with van der Waals surface area (Å²) in [5, 5.41) is 2.76. The lowest BCUT2D eigenvalue weighted by Crippen LogP contribution is -2.49. The maximum atomic E-state index is 14.6. The van der Waals surface area contributed by atoms with Gasteiger partial charge in [0.2, 0.25) is 5.91 Å². The smallest absolute Gasteiger partial charge is 0.410 e. The summed E-state index contributed by atoms with van der Waals surface area (Å²) in [5.41, 5.74) is 3.34. The first-order chi connectivity index (χ1) is 21.5. The van der Waals surface area contributed by atoms with Gasteiger partial charge in [0.1, 0.15) is 18.5 Å². The lowest BCUT2D eigenvalue weighted by atomic mass is 9.74. The summed E-state index contributed by atoms with van der Waals surface area (Å²) in [6.45, 7) is 2.51. The summed E-state index contributed by atoms with van der Waals surface area (Å²) in [5.74, 6) is -0.225. The SMILES string of the molecule is O=C(OCc1ccccc1)N1CCC2(CC1)CN([C@H]1CCN(c3ccc(SNc4nccs4)cc3)C1=O)c1ccc(F)cc12. The Kier molecular flexibility index (Phi) is 7.90. The van der Waals surface area contributed by atoms with Crippen LogP contribution in [0.5, 0.6) is 0 Å². The predicted molar refractivity (Wildman–Crippen MR) is 172 cm³/mol. The van der Waals surface area contributed by atoms with Crippen LogP contribution in [-0.2, 0) is 21.6 Å². The third-order valence-corrected chi connectivity index (χ3v) is 10.5. The minimum atomic E-state index is -0.331. The second kappa shape index (κ2) is 12.1. The molecule has 0 radical (unpaired) electrons. The Morgan fingerprint density at radius 2 is 1.86 bits per heavy atom. The number of piperidine rings is 1. The van der Waals surface area contributed by atoms with Gasteiger partial charge in [-0.25, -0.2) is 14.2 Å². The van der Waals surface area contributed by atoms with Crippen LogP contribution >= 0.6 is 23.3 Å². The van der Waals surface area contributed by atoms with Crippen molar-refractivity contribution in [3.63, 3.8) is 0 Å². The number of rotatable bonds is 7. The lowest BCUT2D eigenvalue weighted by Gasteiger charge is -2.40. The number of nitrogens with one attached hydrogen (secondary N) is 1. The van der Waals surface area contributed by atoms with Gasteiger partial charge in [0, 0.05) is 59.4 Å². The second-order valence-corrected chi connectivity index (χ2v) is 13.2. The molecule has 4 aromatic rings. The molecule has 1 spiro atoms. The van der Waals surface area contributed by atoms with Crippen molar-refractivity contribution in [2.24, 2.45) is 0 Å². The van der Waals surface area contributed by atoms with Crippen LogP contribution in [-0.4, -0.2) is 54.1 Å². The molecule has 3 aromatic carbocycles. The van der Waals surface area contributed by atoms with Crippen molar-refractivity contribution in [1.82, 2.24) is 9.88 Å². The molecular weight excluding hydrogens is 598 g/mol. The van der Waals surface area contributed by atoms with E-state index in [1.807, 2.05) is 70.9 Å². The van der Waals surface area contributed by atoms with Crippen LogP contribution in [0.2, 0.25) is 0 Å². The number of fused-ring (bicyclic) bond motifs is 2. The summed E-state index contributed by atoms with van der Waals surface area (Å²) < 4.78 is 23.4. The first-order valence-electron chi connectivity index (χ1n) is 14.8. The van der Waals surface area contributed by atoms with Gasteiger partial charge in [0.05, 0.1) is 0 Å². The van der Waals surface area contributed by atoms with Crippen molar-refractivity contribution in [2.75, 3.05) is 40.7 Å². The van der Waals surface area contributed by atoms with Crippen molar-refractivity contribution in [3.05, 3.63) is 101 Å². The molecule has 0 bridgehead atoms. The molecular formula is C33H32FN5O3S2. The molecule has 0 saturated carbocycles. The summed E-state index contributed by atoms with van der Waals surface area (Å²) in [4.78, 5) is 37.7. The quantitative estimate of drug-likeness (QED) is 0.228. The van der Waals surface area contributed by atoms with E-state index in [4.69, 9.17) is 4.74 Å². The molecule has 226 valence electrons. The molecule has 7 rings (SSSR count). The normalized spacial score (nSPS) is 19.0. The van der Waals surface area contributed by atoms with Crippen LogP contribution in [0.3, 0.4) is 0 Å². The third-order valence-electron chi connectivity index (χ3n) is 8.89. The van der Waals surface area contributed by atoms with Crippen LogP contribution in [0, 0.1) is 5.82 Å². The predicted octanol–water partition coefficient (Wildman–Crippen LogP) is 6.70. The van der Waals surface area contributed by atoms with Crippen LogP contribution in [0.25, 0.3) is 0 Å².